The standard InChI is InChI=1S/C26H38N4O3/c1-2-20-10-12-26(13-11-20)24(32)30(25(33)28-26)19-23(31)27-17-21-8-7-9-22(16-21)18-29-14-5-3-4-6-15-29/h7-9,16,20H,2-6,10-15,17-19H2,1H3,(H,27,31)(H,28,33). The quantitative estimate of drug-likeness (QED) is 0.617. The second-order valence-corrected chi connectivity index (χ2v) is 10.0. The fourth-order valence-electron chi connectivity index (χ4n) is 5.53. The zero-order chi connectivity index (χ0) is 23.3. The van der Waals surface area contributed by atoms with E-state index >= 15 is 0 Å². The Kier molecular flexibility index (Phi) is 7.68. The van der Waals surface area contributed by atoms with E-state index in [4.69, 9.17) is 0 Å². The third-order valence-electron chi connectivity index (χ3n) is 7.67. The maximum absolute atomic E-state index is 13.0. The van der Waals surface area contributed by atoms with Crippen molar-refractivity contribution in [1.82, 2.24) is 20.4 Å². The van der Waals surface area contributed by atoms with Gasteiger partial charge in [0.05, 0.1) is 0 Å². The molecule has 3 aliphatic rings. The largest absolute Gasteiger partial charge is 0.350 e. The lowest BCUT2D eigenvalue weighted by Crippen LogP contribution is -2.50. The zero-order valence-corrected chi connectivity index (χ0v) is 19.9. The molecule has 0 unspecified atom stereocenters. The first-order valence-corrected chi connectivity index (χ1v) is 12.7. The number of hydrogen-bond acceptors (Lipinski definition) is 4. The second-order valence-electron chi connectivity index (χ2n) is 10.0. The van der Waals surface area contributed by atoms with Crippen molar-refractivity contribution in [3.8, 4) is 0 Å². The Labute approximate surface area is 197 Å². The van der Waals surface area contributed by atoms with Gasteiger partial charge < -0.3 is 10.6 Å². The van der Waals surface area contributed by atoms with Gasteiger partial charge >= 0.3 is 6.03 Å². The molecule has 1 aromatic carbocycles. The molecule has 3 fully saturated rings. The van der Waals surface area contributed by atoms with Crippen molar-refractivity contribution in [3.05, 3.63) is 35.4 Å². The number of carbonyl (C=O) groups excluding carboxylic acids is 3. The fraction of sp³-hybridized carbons (Fsp3) is 0.654. The monoisotopic (exact) mass is 454 g/mol. The Balaban J connectivity index is 1.28. The first-order valence-electron chi connectivity index (χ1n) is 12.7. The summed E-state index contributed by atoms with van der Waals surface area (Å²) in [7, 11) is 0. The van der Waals surface area contributed by atoms with Crippen LogP contribution in [-0.2, 0) is 22.7 Å². The molecule has 1 spiro atoms. The third kappa shape index (κ3) is 5.75. The van der Waals surface area contributed by atoms with Crippen molar-refractivity contribution in [2.75, 3.05) is 19.6 Å². The average molecular weight is 455 g/mol. The first kappa shape index (κ1) is 23.7. The van der Waals surface area contributed by atoms with E-state index in [1.807, 2.05) is 12.1 Å². The van der Waals surface area contributed by atoms with Gasteiger partial charge in [-0.25, -0.2) is 4.79 Å². The van der Waals surface area contributed by atoms with Crippen LogP contribution in [0, 0.1) is 5.92 Å². The van der Waals surface area contributed by atoms with Crippen LogP contribution in [0.4, 0.5) is 4.79 Å². The number of benzene rings is 1. The predicted octanol–water partition coefficient (Wildman–Crippen LogP) is 3.57. The van der Waals surface area contributed by atoms with Crippen molar-refractivity contribution < 1.29 is 14.4 Å². The van der Waals surface area contributed by atoms with E-state index in [1.165, 1.54) is 31.2 Å². The molecule has 1 aromatic rings. The number of urea groups is 1. The van der Waals surface area contributed by atoms with Crippen LogP contribution in [0.25, 0.3) is 0 Å². The molecule has 0 aromatic heterocycles. The van der Waals surface area contributed by atoms with Gasteiger partial charge in [-0.15, -0.1) is 0 Å². The summed E-state index contributed by atoms with van der Waals surface area (Å²) in [5, 5.41) is 5.79. The number of hydrogen-bond donors (Lipinski definition) is 2. The van der Waals surface area contributed by atoms with E-state index in [2.05, 4.69) is 34.6 Å². The smallest absolute Gasteiger partial charge is 0.325 e. The average Bonchev–Trinajstić information content (AvgIpc) is 2.99. The van der Waals surface area contributed by atoms with Gasteiger partial charge in [-0.3, -0.25) is 19.4 Å². The van der Waals surface area contributed by atoms with E-state index in [1.54, 1.807) is 0 Å². The zero-order valence-electron chi connectivity index (χ0n) is 19.9. The van der Waals surface area contributed by atoms with Crippen LogP contribution in [0.3, 0.4) is 0 Å². The van der Waals surface area contributed by atoms with Crippen LogP contribution in [0.2, 0.25) is 0 Å². The lowest BCUT2D eigenvalue weighted by atomic mass is 9.75. The van der Waals surface area contributed by atoms with Gasteiger partial charge in [0.2, 0.25) is 5.91 Å². The molecule has 2 aliphatic heterocycles. The number of imide groups is 1. The van der Waals surface area contributed by atoms with E-state index in [0.29, 0.717) is 25.3 Å². The molecule has 4 amide bonds. The molecular weight excluding hydrogens is 416 g/mol. The molecule has 180 valence electrons. The lowest BCUT2D eigenvalue weighted by Gasteiger charge is -2.34. The predicted molar refractivity (Wildman–Crippen MR) is 127 cm³/mol. The summed E-state index contributed by atoms with van der Waals surface area (Å²) < 4.78 is 0. The molecule has 2 saturated heterocycles. The van der Waals surface area contributed by atoms with Crippen molar-refractivity contribution >= 4 is 17.8 Å². The summed E-state index contributed by atoms with van der Waals surface area (Å²) in [5.74, 6) is 0.0696. The fourth-order valence-corrected chi connectivity index (χ4v) is 5.53. The molecule has 1 aliphatic carbocycles. The van der Waals surface area contributed by atoms with Gasteiger partial charge in [-0.1, -0.05) is 50.5 Å². The van der Waals surface area contributed by atoms with E-state index in [-0.39, 0.29) is 18.4 Å². The summed E-state index contributed by atoms with van der Waals surface area (Å²) in [6.07, 6.45) is 9.48. The van der Waals surface area contributed by atoms with Crippen LogP contribution in [0.5, 0.6) is 0 Å². The number of rotatable bonds is 7. The Hall–Kier alpha value is -2.41. The summed E-state index contributed by atoms with van der Waals surface area (Å²) in [4.78, 5) is 41.7. The highest BCUT2D eigenvalue weighted by Crippen LogP contribution is 2.37. The first-order chi connectivity index (χ1) is 16.0. The number of nitrogens with zero attached hydrogens (tertiary/aromatic N) is 2. The van der Waals surface area contributed by atoms with Crippen molar-refractivity contribution in [2.24, 2.45) is 5.92 Å². The van der Waals surface area contributed by atoms with Crippen molar-refractivity contribution in [2.45, 2.75) is 83.3 Å². The van der Waals surface area contributed by atoms with Gasteiger partial charge in [-0.05, 0) is 68.7 Å². The Morgan fingerprint density at radius 3 is 2.48 bits per heavy atom. The molecule has 0 atom stereocenters. The molecule has 2 N–H and O–H groups in total. The number of carbonyl (C=O) groups is 3. The molecular formula is C26H38N4O3. The minimum absolute atomic E-state index is 0.225. The van der Waals surface area contributed by atoms with Crippen LogP contribution >= 0.6 is 0 Å². The third-order valence-corrected chi connectivity index (χ3v) is 7.67. The molecule has 0 radical (unpaired) electrons. The molecule has 1 saturated carbocycles. The summed E-state index contributed by atoms with van der Waals surface area (Å²) in [6, 6.07) is 7.87. The molecule has 7 heteroatoms. The highest BCUT2D eigenvalue weighted by Gasteiger charge is 2.52. The van der Waals surface area contributed by atoms with Crippen LogP contribution in [-0.4, -0.2) is 52.8 Å². The van der Waals surface area contributed by atoms with Crippen LogP contribution < -0.4 is 10.6 Å². The van der Waals surface area contributed by atoms with Crippen LogP contribution in [0.15, 0.2) is 24.3 Å². The number of likely N-dealkylation sites (tertiary alicyclic amines) is 1. The Bertz CT molecular complexity index is 855. The Morgan fingerprint density at radius 2 is 1.79 bits per heavy atom. The Morgan fingerprint density at radius 1 is 1.09 bits per heavy atom. The van der Waals surface area contributed by atoms with Crippen LogP contribution in [0.1, 0.15) is 75.8 Å². The minimum atomic E-state index is -0.801. The summed E-state index contributed by atoms with van der Waals surface area (Å²) >= 11 is 0. The highest BCUT2D eigenvalue weighted by atomic mass is 16.2. The molecule has 2 heterocycles. The second kappa shape index (κ2) is 10.7. The topological polar surface area (TPSA) is 81.8 Å². The maximum Gasteiger partial charge on any atom is 0.325 e. The molecule has 7 nitrogen and oxygen atoms in total. The van der Waals surface area contributed by atoms with E-state index in [0.717, 1.165) is 49.4 Å². The van der Waals surface area contributed by atoms with E-state index in [9.17, 15) is 14.4 Å². The van der Waals surface area contributed by atoms with Gasteiger partial charge in [0.1, 0.15) is 12.1 Å². The van der Waals surface area contributed by atoms with Gasteiger partial charge in [0.15, 0.2) is 0 Å². The lowest BCUT2D eigenvalue weighted by molar-refractivity contribution is -0.136. The van der Waals surface area contributed by atoms with Gasteiger partial charge in [-0.2, -0.15) is 0 Å². The van der Waals surface area contributed by atoms with Crippen molar-refractivity contribution in [1.29, 1.82) is 0 Å². The molecule has 4 rings (SSSR count). The van der Waals surface area contributed by atoms with Gasteiger partial charge in [0, 0.05) is 13.1 Å². The molecule has 33 heavy (non-hydrogen) atoms. The van der Waals surface area contributed by atoms with Gasteiger partial charge in [0.25, 0.3) is 5.91 Å². The minimum Gasteiger partial charge on any atom is -0.350 e. The number of nitrogens with one attached hydrogen (secondary N) is 2. The molecule has 0 bridgehead atoms. The normalized spacial score (nSPS) is 26.3. The van der Waals surface area contributed by atoms with Crippen molar-refractivity contribution in [3.63, 3.8) is 0 Å². The maximum atomic E-state index is 13.0. The summed E-state index contributed by atoms with van der Waals surface area (Å²) in [5.41, 5.74) is 1.48. The van der Waals surface area contributed by atoms with E-state index < -0.39 is 11.6 Å². The SMILES string of the molecule is CCC1CCC2(CC1)NC(=O)N(CC(=O)NCc1cccc(CN3CCCCCC3)c1)C2=O. The summed E-state index contributed by atoms with van der Waals surface area (Å²) in [6.45, 7) is 5.56. The number of amides is 4. The highest BCUT2D eigenvalue weighted by molar-refractivity contribution is 6.09.